The second-order valence-corrected chi connectivity index (χ2v) is 5.48. The molecule has 128 valence electrons. The van der Waals surface area contributed by atoms with Gasteiger partial charge in [-0.25, -0.2) is 0 Å². The first kappa shape index (κ1) is 19.5. The van der Waals surface area contributed by atoms with Crippen molar-refractivity contribution in [1.82, 2.24) is 0 Å². The van der Waals surface area contributed by atoms with E-state index in [0.717, 1.165) is 12.1 Å². The van der Waals surface area contributed by atoms with Gasteiger partial charge in [0.2, 0.25) is 0 Å². The van der Waals surface area contributed by atoms with Gasteiger partial charge in [-0.3, -0.25) is 9.59 Å². The van der Waals surface area contributed by atoms with Crippen molar-refractivity contribution in [2.75, 3.05) is 6.61 Å². The summed E-state index contributed by atoms with van der Waals surface area (Å²) >= 11 is 3.01. The molecule has 1 aromatic carbocycles. The first-order valence-electron chi connectivity index (χ1n) is 6.89. The second-order valence-electron chi connectivity index (χ2n) is 4.62. The van der Waals surface area contributed by atoms with Crippen LogP contribution in [0.25, 0.3) is 0 Å². The zero-order valence-corrected chi connectivity index (χ0v) is 14.2. The van der Waals surface area contributed by atoms with Gasteiger partial charge in [0.05, 0.1) is 12.2 Å². The van der Waals surface area contributed by atoms with Crippen molar-refractivity contribution in [3.05, 3.63) is 33.8 Å². The molecule has 23 heavy (non-hydrogen) atoms. The molecule has 0 aromatic heterocycles. The fourth-order valence-corrected chi connectivity index (χ4v) is 2.26. The molecule has 0 radical (unpaired) electrons. The summed E-state index contributed by atoms with van der Waals surface area (Å²) in [7, 11) is 0. The Morgan fingerprint density at radius 2 is 1.78 bits per heavy atom. The number of benzene rings is 1. The van der Waals surface area contributed by atoms with Crippen LogP contribution in [0, 0.1) is 5.92 Å². The minimum atomic E-state index is -4.45. The van der Waals surface area contributed by atoms with Gasteiger partial charge in [0, 0.05) is 10.0 Å². The van der Waals surface area contributed by atoms with Gasteiger partial charge in [-0.15, -0.1) is 0 Å². The molecule has 0 spiro atoms. The summed E-state index contributed by atoms with van der Waals surface area (Å²) in [5.41, 5.74) is -0.442. The van der Waals surface area contributed by atoms with E-state index < -0.39 is 29.6 Å². The summed E-state index contributed by atoms with van der Waals surface area (Å²) in [4.78, 5) is 23.5. The van der Waals surface area contributed by atoms with Crippen molar-refractivity contribution in [3.8, 4) is 0 Å². The minimum absolute atomic E-state index is 0.146. The molecule has 8 heteroatoms. The molecular formula is C15H16BrF3O4. The van der Waals surface area contributed by atoms with Gasteiger partial charge in [0.25, 0.3) is 0 Å². The van der Waals surface area contributed by atoms with Crippen molar-refractivity contribution in [3.63, 3.8) is 0 Å². The summed E-state index contributed by atoms with van der Waals surface area (Å²) < 4.78 is 47.7. The van der Waals surface area contributed by atoms with E-state index in [1.165, 1.54) is 6.07 Å². The van der Waals surface area contributed by atoms with Gasteiger partial charge in [-0.2, -0.15) is 13.2 Å². The number of ether oxygens (including phenoxy) is 2. The molecule has 0 heterocycles. The lowest BCUT2D eigenvalue weighted by molar-refractivity contribution is -0.162. The van der Waals surface area contributed by atoms with Crippen LogP contribution in [0.4, 0.5) is 13.2 Å². The minimum Gasteiger partial charge on any atom is -0.465 e. The topological polar surface area (TPSA) is 52.6 Å². The van der Waals surface area contributed by atoms with Gasteiger partial charge in [-0.1, -0.05) is 28.9 Å². The van der Waals surface area contributed by atoms with Crippen LogP contribution < -0.4 is 0 Å². The highest BCUT2D eigenvalue weighted by molar-refractivity contribution is 9.10. The van der Waals surface area contributed by atoms with E-state index >= 15 is 0 Å². The standard InChI is InChI=1S/C15H16BrF3O4/c1-3-11(13(20)22-4-2)14(21)23-8-9-5-6-10(7-12(9)16)15(17,18)19/h5-7,11H,3-4,8H2,1-2H3. The molecule has 1 aromatic rings. The van der Waals surface area contributed by atoms with Crippen molar-refractivity contribution in [2.45, 2.75) is 33.1 Å². The molecular weight excluding hydrogens is 381 g/mol. The maximum absolute atomic E-state index is 12.6. The second kappa shape index (κ2) is 8.33. The largest absolute Gasteiger partial charge is 0.465 e. The van der Waals surface area contributed by atoms with Crippen molar-refractivity contribution in [1.29, 1.82) is 0 Å². The fourth-order valence-electron chi connectivity index (χ4n) is 1.76. The molecule has 0 aliphatic heterocycles. The maximum atomic E-state index is 12.6. The van der Waals surface area contributed by atoms with E-state index in [1.807, 2.05) is 0 Å². The van der Waals surface area contributed by atoms with Gasteiger partial charge in [-0.05, 0) is 25.5 Å². The molecule has 0 amide bonds. The lowest BCUT2D eigenvalue weighted by atomic mass is 10.1. The molecule has 0 saturated carbocycles. The number of esters is 2. The zero-order chi connectivity index (χ0) is 17.6. The van der Waals surface area contributed by atoms with Crippen molar-refractivity contribution in [2.24, 2.45) is 5.92 Å². The third kappa shape index (κ3) is 5.53. The Kier molecular flexibility index (Phi) is 7.05. The maximum Gasteiger partial charge on any atom is 0.416 e. The molecule has 1 atom stereocenters. The van der Waals surface area contributed by atoms with Gasteiger partial charge < -0.3 is 9.47 Å². The highest BCUT2D eigenvalue weighted by atomic mass is 79.9. The molecule has 0 aliphatic rings. The normalized spacial score (nSPS) is 12.6. The molecule has 4 nitrogen and oxygen atoms in total. The molecule has 1 unspecified atom stereocenters. The van der Waals surface area contributed by atoms with Crippen LogP contribution in [-0.4, -0.2) is 18.5 Å². The van der Waals surface area contributed by atoms with Crippen LogP contribution in [0.1, 0.15) is 31.4 Å². The lowest BCUT2D eigenvalue weighted by Crippen LogP contribution is -2.27. The zero-order valence-electron chi connectivity index (χ0n) is 12.6. The fraction of sp³-hybridized carbons (Fsp3) is 0.467. The summed E-state index contributed by atoms with van der Waals surface area (Å²) in [6.07, 6.45) is -4.24. The van der Waals surface area contributed by atoms with Crippen molar-refractivity contribution >= 4 is 27.9 Å². The molecule has 0 bridgehead atoms. The Labute approximate surface area is 140 Å². The number of halogens is 4. The average Bonchev–Trinajstić information content (AvgIpc) is 2.46. The number of carbonyl (C=O) groups excluding carboxylic acids is 2. The summed E-state index contributed by atoms with van der Waals surface area (Å²) in [6.45, 7) is 3.16. The number of rotatable bonds is 6. The summed E-state index contributed by atoms with van der Waals surface area (Å²) in [5, 5.41) is 0. The Morgan fingerprint density at radius 3 is 2.26 bits per heavy atom. The monoisotopic (exact) mass is 396 g/mol. The molecule has 0 aliphatic carbocycles. The smallest absolute Gasteiger partial charge is 0.416 e. The summed E-state index contributed by atoms with van der Waals surface area (Å²) in [6, 6.07) is 3.02. The lowest BCUT2D eigenvalue weighted by Gasteiger charge is -2.14. The quantitative estimate of drug-likeness (QED) is 0.536. The van der Waals surface area contributed by atoms with Crippen LogP contribution in [-0.2, 0) is 31.8 Å². The van der Waals surface area contributed by atoms with Crippen molar-refractivity contribution < 1.29 is 32.2 Å². The molecule has 1 rings (SSSR count). The Hall–Kier alpha value is -1.57. The third-order valence-electron chi connectivity index (χ3n) is 3.01. The van der Waals surface area contributed by atoms with Crippen LogP contribution in [0.5, 0.6) is 0 Å². The highest BCUT2D eigenvalue weighted by Crippen LogP contribution is 2.32. The average molecular weight is 397 g/mol. The Balaban J connectivity index is 2.74. The van der Waals surface area contributed by atoms with Crippen LogP contribution in [0.3, 0.4) is 0 Å². The van der Waals surface area contributed by atoms with E-state index in [0.29, 0.717) is 5.56 Å². The molecule has 0 saturated heterocycles. The predicted octanol–water partition coefficient (Wildman–Crippen LogP) is 4.10. The molecule has 0 N–H and O–H groups in total. The van der Waals surface area contributed by atoms with Crippen LogP contribution >= 0.6 is 15.9 Å². The highest BCUT2D eigenvalue weighted by Gasteiger charge is 2.31. The van der Waals surface area contributed by atoms with Gasteiger partial charge in [0.15, 0.2) is 5.92 Å². The van der Waals surface area contributed by atoms with Gasteiger partial charge >= 0.3 is 18.1 Å². The first-order chi connectivity index (χ1) is 10.7. The Morgan fingerprint density at radius 1 is 1.17 bits per heavy atom. The molecule has 0 fully saturated rings. The number of alkyl halides is 3. The first-order valence-corrected chi connectivity index (χ1v) is 7.68. The predicted molar refractivity (Wildman–Crippen MR) is 79.4 cm³/mol. The number of carbonyl (C=O) groups is 2. The SMILES string of the molecule is CCOC(=O)C(CC)C(=O)OCc1ccc(C(F)(F)F)cc1Br. The van der Waals surface area contributed by atoms with E-state index in [4.69, 9.17) is 9.47 Å². The van der Waals surface area contributed by atoms with Gasteiger partial charge in [0.1, 0.15) is 6.61 Å². The van der Waals surface area contributed by atoms with E-state index in [-0.39, 0.29) is 24.1 Å². The Bertz CT molecular complexity index is 572. The van der Waals surface area contributed by atoms with E-state index in [2.05, 4.69) is 15.9 Å². The van der Waals surface area contributed by atoms with E-state index in [9.17, 15) is 22.8 Å². The third-order valence-corrected chi connectivity index (χ3v) is 3.75. The van der Waals surface area contributed by atoms with E-state index in [1.54, 1.807) is 13.8 Å². The van der Waals surface area contributed by atoms with Crippen LogP contribution in [0.15, 0.2) is 22.7 Å². The summed E-state index contributed by atoms with van der Waals surface area (Å²) in [5.74, 6) is -2.48. The number of hydrogen-bond donors (Lipinski definition) is 0. The van der Waals surface area contributed by atoms with Crippen LogP contribution in [0.2, 0.25) is 0 Å². The number of hydrogen-bond acceptors (Lipinski definition) is 4.